The maximum Gasteiger partial charge on any atom is 0.243 e. The van der Waals surface area contributed by atoms with E-state index in [4.69, 9.17) is 17.2 Å². The number of aromatic nitrogens is 3. The fraction of sp³-hybridized carbons (Fsp3) is 0.452. The van der Waals surface area contributed by atoms with E-state index in [-0.39, 0.29) is 32.1 Å². The highest BCUT2D eigenvalue weighted by Crippen LogP contribution is 2.22. The van der Waals surface area contributed by atoms with Crippen LogP contribution in [0.1, 0.15) is 70.2 Å². The molecule has 2 aromatic heterocycles. The van der Waals surface area contributed by atoms with Gasteiger partial charge < -0.3 is 53.8 Å². The number of carbonyl (C=O) groups is 6. The lowest BCUT2D eigenvalue weighted by molar-refractivity contribution is -0.135. The Morgan fingerprint density at radius 1 is 0.712 bits per heavy atom. The molecule has 59 heavy (non-hydrogen) atoms. The van der Waals surface area contributed by atoms with Crippen LogP contribution in [0.4, 0.5) is 0 Å². The molecule has 17 heteroatoms. The number of hydrogen-bond donors (Lipinski definition) is 10. The van der Waals surface area contributed by atoms with Gasteiger partial charge in [-0.3, -0.25) is 28.8 Å². The Morgan fingerprint density at radius 3 is 1.97 bits per heavy atom. The lowest BCUT2D eigenvalue weighted by Crippen LogP contribution is -2.60. The van der Waals surface area contributed by atoms with Crippen LogP contribution in [0, 0.1) is 5.41 Å². The van der Waals surface area contributed by atoms with Crippen molar-refractivity contribution < 1.29 is 28.8 Å². The van der Waals surface area contributed by atoms with Crippen LogP contribution in [-0.2, 0) is 48.0 Å². The van der Waals surface area contributed by atoms with Gasteiger partial charge in [-0.1, -0.05) is 69.3 Å². The molecule has 0 bridgehead atoms. The highest BCUT2D eigenvalue weighted by Gasteiger charge is 2.33. The number of amides is 6. The van der Waals surface area contributed by atoms with Crippen LogP contribution in [0.25, 0.3) is 10.9 Å². The number of hydrogen-bond acceptors (Lipinski definition) is 9. The van der Waals surface area contributed by atoms with Crippen molar-refractivity contribution >= 4 is 46.3 Å². The predicted octanol–water partition coefficient (Wildman–Crippen LogP) is 0.741. The van der Waals surface area contributed by atoms with Crippen LogP contribution in [0.2, 0.25) is 0 Å². The largest absolute Gasteiger partial charge is 0.368 e. The second-order valence-electron chi connectivity index (χ2n) is 16.1. The number of aromatic amines is 2. The highest BCUT2D eigenvalue weighted by atomic mass is 16.2. The molecule has 6 atom stereocenters. The van der Waals surface area contributed by atoms with Gasteiger partial charge in [0.2, 0.25) is 35.4 Å². The van der Waals surface area contributed by atoms with Crippen molar-refractivity contribution in [1.82, 2.24) is 41.5 Å². The van der Waals surface area contributed by atoms with Crippen molar-refractivity contribution in [1.29, 1.82) is 0 Å². The molecule has 0 aliphatic carbocycles. The van der Waals surface area contributed by atoms with Crippen molar-refractivity contribution in [2.75, 3.05) is 6.54 Å². The number of H-pyrrole nitrogens is 2. The van der Waals surface area contributed by atoms with Crippen LogP contribution >= 0.6 is 0 Å². The molecular formula is C42H59N11O6. The normalized spacial score (nSPS) is 14.5. The molecule has 318 valence electrons. The third-order valence-electron chi connectivity index (χ3n) is 9.79. The first-order valence-corrected chi connectivity index (χ1v) is 19.9. The van der Waals surface area contributed by atoms with Gasteiger partial charge >= 0.3 is 0 Å². The average Bonchev–Trinajstić information content (AvgIpc) is 3.86. The van der Waals surface area contributed by atoms with Gasteiger partial charge in [0.25, 0.3) is 0 Å². The van der Waals surface area contributed by atoms with Gasteiger partial charge in [-0.25, -0.2) is 4.98 Å². The molecular weight excluding hydrogens is 755 g/mol. The van der Waals surface area contributed by atoms with Gasteiger partial charge in [-0.05, 0) is 61.8 Å². The number of carbonyl (C=O) groups excluding carboxylic acids is 6. The van der Waals surface area contributed by atoms with E-state index in [9.17, 15) is 28.8 Å². The Kier molecular flexibility index (Phi) is 16.7. The van der Waals surface area contributed by atoms with Crippen LogP contribution in [0.15, 0.2) is 73.3 Å². The van der Waals surface area contributed by atoms with Crippen molar-refractivity contribution in [3.8, 4) is 0 Å². The molecule has 0 radical (unpaired) electrons. The average molecular weight is 814 g/mol. The summed E-state index contributed by atoms with van der Waals surface area (Å²) in [5.41, 5.74) is 19.9. The zero-order valence-corrected chi connectivity index (χ0v) is 34.2. The smallest absolute Gasteiger partial charge is 0.243 e. The fourth-order valence-electron chi connectivity index (χ4n) is 6.61. The third kappa shape index (κ3) is 14.4. The van der Waals surface area contributed by atoms with Gasteiger partial charge in [0.05, 0.1) is 12.4 Å². The summed E-state index contributed by atoms with van der Waals surface area (Å²) in [6.45, 7) is 7.61. The molecule has 4 aromatic rings. The number of nitrogens with two attached hydrogens (primary N) is 3. The highest BCUT2D eigenvalue weighted by molar-refractivity contribution is 5.97. The molecule has 4 rings (SSSR count). The van der Waals surface area contributed by atoms with Gasteiger partial charge in [-0.2, -0.15) is 0 Å². The Morgan fingerprint density at radius 2 is 1.32 bits per heavy atom. The number of unbranched alkanes of at least 4 members (excludes halogenated alkanes) is 1. The van der Waals surface area contributed by atoms with E-state index in [0.29, 0.717) is 25.1 Å². The van der Waals surface area contributed by atoms with Crippen LogP contribution < -0.4 is 43.8 Å². The number of para-hydroxylation sites is 1. The number of nitrogens with one attached hydrogen (secondary N) is 7. The summed E-state index contributed by atoms with van der Waals surface area (Å²) in [7, 11) is 0. The lowest BCUT2D eigenvalue weighted by Gasteiger charge is -2.28. The molecule has 2 aromatic carbocycles. The second-order valence-corrected chi connectivity index (χ2v) is 16.1. The molecule has 17 nitrogen and oxygen atoms in total. The fourth-order valence-corrected chi connectivity index (χ4v) is 6.61. The topological polar surface area (TPSA) is 285 Å². The molecule has 0 fully saturated rings. The predicted molar refractivity (Wildman–Crippen MR) is 224 cm³/mol. The number of imidazole rings is 1. The monoisotopic (exact) mass is 813 g/mol. The minimum Gasteiger partial charge on any atom is -0.368 e. The van der Waals surface area contributed by atoms with Gasteiger partial charge in [0.15, 0.2) is 0 Å². The maximum absolute atomic E-state index is 14.3. The Bertz CT molecular complexity index is 2010. The molecule has 0 aliphatic rings. The molecule has 0 aliphatic heterocycles. The van der Waals surface area contributed by atoms with Crippen molar-refractivity contribution in [2.24, 2.45) is 22.6 Å². The molecule has 13 N–H and O–H groups in total. The number of primary amides is 1. The van der Waals surface area contributed by atoms with E-state index in [1.807, 2.05) is 51.1 Å². The van der Waals surface area contributed by atoms with E-state index >= 15 is 0 Å². The number of benzene rings is 2. The zero-order valence-electron chi connectivity index (χ0n) is 34.2. The first-order valence-electron chi connectivity index (χ1n) is 19.9. The number of fused-ring (bicyclic) bond motifs is 1. The van der Waals surface area contributed by atoms with E-state index in [1.165, 1.54) is 13.3 Å². The molecule has 0 spiro atoms. The Hall–Kier alpha value is -6.07. The Labute approximate surface area is 344 Å². The number of rotatable bonds is 22. The minimum absolute atomic E-state index is 0.0157. The summed E-state index contributed by atoms with van der Waals surface area (Å²) in [6, 6.07) is 9.95. The summed E-state index contributed by atoms with van der Waals surface area (Å²) < 4.78 is 0. The summed E-state index contributed by atoms with van der Waals surface area (Å²) in [5.74, 6) is -3.88. The van der Waals surface area contributed by atoms with Crippen molar-refractivity contribution in [3.63, 3.8) is 0 Å². The summed E-state index contributed by atoms with van der Waals surface area (Å²) in [5, 5.41) is 14.6. The minimum atomic E-state index is -1.23. The lowest BCUT2D eigenvalue weighted by atomic mass is 9.87. The van der Waals surface area contributed by atoms with Gasteiger partial charge in [0.1, 0.15) is 30.2 Å². The van der Waals surface area contributed by atoms with Crippen LogP contribution in [0.5, 0.6) is 0 Å². The van der Waals surface area contributed by atoms with Crippen LogP contribution in [0.3, 0.4) is 0 Å². The van der Waals surface area contributed by atoms with E-state index in [2.05, 4.69) is 41.5 Å². The maximum atomic E-state index is 14.3. The van der Waals surface area contributed by atoms with E-state index < -0.39 is 77.1 Å². The molecule has 2 heterocycles. The molecule has 0 saturated carbocycles. The SMILES string of the molecule is C[C@H](NC(=O)[C@@H](CC(C)(C)C)NC(=O)[C@@H](N)Cc1cnc[nH]1)C(=O)N[C@@H](Cc1c[nH]c2ccccc12)C(=O)N[C@H](Cc1ccccc1)C(=O)N[C@@H](CCCCN)C(N)=O. The summed E-state index contributed by atoms with van der Waals surface area (Å²) >= 11 is 0. The first kappa shape index (κ1) is 45.6. The zero-order chi connectivity index (χ0) is 43.1. The summed E-state index contributed by atoms with van der Waals surface area (Å²) in [6.07, 6.45) is 6.71. The molecule has 0 saturated heterocycles. The molecule has 0 unspecified atom stereocenters. The van der Waals surface area contributed by atoms with Crippen molar-refractivity contribution in [3.05, 3.63) is 90.1 Å². The van der Waals surface area contributed by atoms with Gasteiger partial charge in [0, 0.05) is 48.3 Å². The quantitative estimate of drug-likeness (QED) is 0.0500. The Balaban J connectivity index is 1.55. The molecule has 6 amide bonds. The summed E-state index contributed by atoms with van der Waals surface area (Å²) in [4.78, 5) is 91.2. The van der Waals surface area contributed by atoms with Gasteiger partial charge in [-0.15, -0.1) is 0 Å². The van der Waals surface area contributed by atoms with E-state index in [0.717, 1.165) is 22.0 Å². The van der Waals surface area contributed by atoms with E-state index in [1.54, 1.807) is 36.7 Å². The van der Waals surface area contributed by atoms with Crippen molar-refractivity contribution in [2.45, 2.75) is 109 Å². The van der Waals surface area contributed by atoms with Crippen LogP contribution in [-0.4, -0.2) is 93.2 Å². The standard InChI is InChI=1S/C42H59N11O6/c1-25(49-41(59)35(21-42(2,3)4)53-38(56)30(44)20-28-23-46-24-48-28)37(55)51-34(19-27-22-47-31-15-9-8-14-29(27)31)40(58)52-33(18-26-12-6-5-7-13-26)39(57)50-32(36(45)54)16-10-11-17-43/h5-9,12-15,22-25,30,32-35,47H,10-11,16-21,43-44H2,1-4H3,(H2,45,54)(H,46,48)(H,49,59)(H,50,57)(H,51,55)(H,52,58)(H,53,56)/t25-,30-,32-,33+,34-,35+/m0/s1. The number of nitrogens with zero attached hydrogens (tertiary/aromatic N) is 1. The first-order chi connectivity index (χ1) is 28.0. The second kappa shape index (κ2) is 21.6. The third-order valence-corrected chi connectivity index (χ3v) is 9.79.